The van der Waals surface area contributed by atoms with Crippen LogP contribution in [0.3, 0.4) is 0 Å². The van der Waals surface area contributed by atoms with Gasteiger partial charge in [0.05, 0.1) is 39.3 Å². The number of aryl methyl sites for hydroxylation is 1. The van der Waals surface area contributed by atoms with E-state index in [1.54, 1.807) is 0 Å². The first-order valence-electron chi connectivity index (χ1n) is 38.4. The molecule has 109 heavy (non-hydrogen) atoms. The number of hydrogen-bond acceptors (Lipinski definition) is 2. The second kappa shape index (κ2) is 26.8. The molecule has 0 radical (unpaired) electrons. The van der Waals surface area contributed by atoms with Crippen LogP contribution in [0, 0.1) is 6.92 Å². The zero-order chi connectivity index (χ0) is 72.8. The first-order chi connectivity index (χ1) is 53.8. The van der Waals surface area contributed by atoms with Crippen molar-refractivity contribution in [1.82, 2.24) is 13.7 Å². The Morgan fingerprint density at radius 1 is 0.431 bits per heavy atom. The minimum Gasteiger partial charge on any atom is -0.341 e. The van der Waals surface area contributed by atoms with E-state index in [-0.39, 0.29) is 6.04 Å². The van der Waals surface area contributed by atoms with Crippen molar-refractivity contribution >= 4 is 133 Å². The lowest BCUT2D eigenvalue weighted by molar-refractivity contribution is 0.735. The Bertz CT molecular complexity index is 6820. The number of hydrogen-bond donors (Lipinski definition) is 0. The lowest BCUT2D eigenvalue weighted by Crippen LogP contribution is -2.29. The Morgan fingerprint density at radius 3 is 1.61 bits per heavy atom. The van der Waals surface area contributed by atoms with Gasteiger partial charge in [0.15, 0.2) is 0 Å². The minimum atomic E-state index is 0.0481. The number of allylic oxidation sites excluding steroid dienone is 3. The molecule has 0 fully saturated rings. The summed E-state index contributed by atoms with van der Waals surface area (Å²) in [5.74, 6) is 0.447. The number of rotatable bonds is 16. The standard InChI is InChI=1S/C104H79N5/c1-5-68(3)89-53-42-76(66-97(89)88-34-21-16-23-69(88)4)73-37-46-80(47-38-73)105(62-61-72-26-18-17-24-70(72)6-2)85-51-56-90-78(64-85)43-54-93-95-58-59-96-94-55-44-79-65-87(52-57-91(79)102(94)109(83-32-14-9-15-33-83)104(96)103(95)108(101(90)93)82-30-12-8-13-31-82)106(86-50-41-71-25-19-20-27-75(71)63-86)84-48-39-74(40-49-84)77-45-60-100-98(67-77)92-35-22-36-99(92)107(100)81-28-10-7-11-29-81/h6-34,36-46,48-68,80H,2,5,35,47H2,1,3-4H3/b62-61-. The van der Waals surface area contributed by atoms with Crippen LogP contribution >= 0.6 is 0 Å². The summed E-state index contributed by atoms with van der Waals surface area (Å²) in [5.41, 5.74) is 28.8. The number of nitrogens with zero attached hydrogens (tertiary/aromatic N) is 5. The van der Waals surface area contributed by atoms with Gasteiger partial charge in [0, 0.05) is 83.7 Å². The fourth-order valence-electron chi connectivity index (χ4n) is 17.8. The van der Waals surface area contributed by atoms with E-state index in [9.17, 15) is 0 Å². The molecule has 0 aliphatic heterocycles. The summed E-state index contributed by atoms with van der Waals surface area (Å²) in [6.07, 6.45) is 21.1. The van der Waals surface area contributed by atoms with Crippen molar-refractivity contribution in [1.29, 1.82) is 0 Å². The van der Waals surface area contributed by atoms with E-state index in [1.807, 2.05) is 6.08 Å². The Balaban J connectivity index is 0.717. The molecular weight excluding hydrogens is 1320 g/mol. The monoisotopic (exact) mass is 1400 g/mol. The lowest BCUT2D eigenvalue weighted by Gasteiger charge is -2.30. The SMILES string of the molecule is C=Cc1ccccc1/C=C\N(c1ccc2c(ccc3c4ccc5c6ccc7cc(N(c8ccc(-c9ccc%10c(c9)c9c(n%10-c%10ccccc%10)C=CC9)cc8)c8ccc9ccccc9c8)ccc7c6n(-c6ccccc6)c5c4n(-c4ccccc4)c23)c1)C1C=CC(c2ccc(C(C)CC)c(-c3ccccc3C)c2)=CC1. The van der Waals surface area contributed by atoms with Gasteiger partial charge < -0.3 is 23.5 Å². The summed E-state index contributed by atoms with van der Waals surface area (Å²) in [6, 6.07) is 117. The lowest BCUT2D eigenvalue weighted by atomic mass is 9.85. The number of fused-ring (bicyclic) bond motifs is 15. The molecule has 520 valence electrons. The quantitative estimate of drug-likeness (QED) is 0.0961. The van der Waals surface area contributed by atoms with E-state index in [0.29, 0.717) is 5.92 Å². The molecule has 0 bridgehead atoms. The van der Waals surface area contributed by atoms with Gasteiger partial charge in [0.25, 0.3) is 0 Å². The molecule has 3 aromatic heterocycles. The number of para-hydroxylation sites is 3. The van der Waals surface area contributed by atoms with Crippen LogP contribution in [0.2, 0.25) is 0 Å². The van der Waals surface area contributed by atoms with E-state index in [1.165, 1.54) is 137 Å². The Hall–Kier alpha value is -13.5. The third kappa shape index (κ3) is 11.1. The predicted molar refractivity (Wildman–Crippen MR) is 466 cm³/mol. The molecule has 0 spiro atoms. The zero-order valence-electron chi connectivity index (χ0n) is 61.4. The minimum absolute atomic E-state index is 0.0481. The maximum Gasteiger partial charge on any atom is 0.0789 e. The van der Waals surface area contributed by atoms with Crippen LogP contribution < -0.4 is 9.80 Å². The van der Waals surface area contributed by atoms with Gasteiger partial charge in [-0.1, -0.05) is 263 Å². The maximum absolute atomic E-state index is 4.20. The molecule has 18 aromatic rings. The fourth-order valence-corrected chi connectivity index (χ4v) is 17.8. The zero-order valence-corrected chi connectivity index (χ0v) is 61.4. The van der Waals surface area contributed by atoms with Crippen LogP contribution in [0.1, 0.15) is 71.7 Å². The van der Waals surface area contributed by atoms with Crippen LogP contribution in [0.5, 0.6) is 0 Å². The number of benzene rings is 15. The summed E-state index contributed by atoms with van der Waals surface area (Å²) < 4.78 is 7.53. The van der Waals surface area contributed by atoms with Gasteiger partial charge in [-0.2, -0.15) is 0 Å². The topological polar surface area (TPSA) is 21.3 Å². The predicted octanol–water partition coefficient (Wildman–Crippen LogP) is 28.0. The highest BCUT2D eigenvalue weighted by molar-refractivity contribution is 6.29. The van der Waals surface area contributed by atoms with E-state index in [4.69, 9.17) is 0 Å². The van der Waals surface area contributed by atoms with Crippen molar-refractivity contribution in [3.8, 4) is 39.3 Å². The molecule has 3 heterocycles. The molecule has 2 aliphatic carbocycles. The molecule has 20 rings (SSSR count). The normalized spacial score (nSPS) is 13.8. The van der Waals surface area contributed by atoms with Gasteiger partial charge in [-0.25, -0.2) is 0 Å². The number of aromatic nitrogens is 3. The van der Waals surface area contributed by atoms with E-state index in [0.717, 1.165) is 75.4 Å². The summed E-state index contributed by atoms with van der Waals surface area (Å²) in [4.78, 5) is 4.89. The molecule has 2 aliphatic rings. The first kappa shape index (κ1) is 65.1. The smallest absolute Gasteiger partial charge is 0.0789 e. The van der Waals surface area contributed by atoms with Gasteiger partial charge in [-0.15, -0.1) is 0 Å². The number of anilines is 4. The van der Waals surface area contributed by atoms with Gasteiger partial charge in [-0.05, 0) is 230 Å². The summed E-state index contributed by atoms with van der Waals surface area (Å²) in [7, 11) is 0. The third-order valence-electron chi connectivity index (χ3n) is 23.4. The van der Waals surface area contributed by atoms with E-state index in [2.05, 4.69) is 409 Å². The van der Waals surface area contributed by atoms with Crippen LogP contribution in [-0.4, -0.2) is 19.7 Å². The van der Waals surface area contributed by atoms with E-state index >= 15 is 0 Å². The van der Waals surface area contributed by atoms with Crippen LogP contribution in [0.15, 0.2) is 353 Å². The van der Waals surface area contributed by atoms with Crippen molar-refractivity contribution in [3.63, 3.8) is 0 Å². The molecule has 2 atom stereocenters. The molecule has 5 nitrogen and oxygen atoms in total. The molecule has 0 saturated heterocycles. The Morgan fingerprint density at radius 2 is 0.963 bits per heavy atom. The average molecular weight is 1400 g/mol. The highest BCUT2D eigenvalue weighted by atomic mass is 15.1. The van der Waals surface area contributed by atoms with Crippen molar-refractivity contribution in [2.75, 3.05) is 9.80 Å². The third-order valence-corrected chi connectivity index (χ3v) is 23.4. The second-order valence-electron chi connectivity index (χ2n) is 29.5. The molecule has 5 heteroatoms. The molecule has 0 saturated carbocycles. The van der Waals surface area contributed by atoms with Crippen molar-refractivity contribution in [2.24, 2.45) is 0 Å². The van der Waals surface area contributed by atoms with Gasteiger partial charge in [0.1, 0.15) is 0 Å². The molecule has 15 aromatic carbocycles. The second-order valence-corrected chi connectivity index (χ2v) is 29.5. The highest BCUT2D eigenvalue weighted by Gasteiger charge is 2.27. The van der Waals surface area contributed by atoms with Crippen LogP contribution in [-0.2, 0) is 6.42 Å². The van der Waals surface area contributed by atoms with Crippen LogP contribution in [0.25, 0.3) is 150 Å². The summed E-state index contributed by atoms with van der Waals surface area (Å²) >= 11 is 0. The van der Waals surface area contributed by atoms with Gasteiger partial charge in [0.2, 0.25) is 0 Å². The molecule has 0 amide bonds. The first-order valence-corrected chi connectivity index (χ1v) is 38.4. The molecule has 0 N–H and O–H groups in total. The Labute approximate surface area is 635 Å². The fraction of sp³-hybridized carbons (Fsp3) is 0.0769. The van der Waals surface area contributed by atoms with E-state index < -0.39 is 0 Å². The summed E-state index contributed by atoms with van der Waals surface area (Å²) in [6.45, 7) is 11.1. The van der Waals surface area contributed by atoms with Gasteiger partial charge in [-0.3, -0.25) is 0 Å². The highest BCUT2D eigenvalue weighted by Crippen LogP contribution is 2.48. The van der Waals surface area contributed by atoms with Gasteiger partial charge >= 0.3 is 0 Å². The van der Waals surface area contributed by atoms with Crippen LogP contribution in [0.4, 0.5) is 22.7 Å². The summed E-state index contributed by atoms with van der Waals surface area (Å²) in [5, 5.41) is 13.2. The largest absolute Gasteiger partial charge is 0.341 e. The van der Waals surface area contributed by atoms with Crippen molar-refractivity contribution in [3.05, 3.63) is 392 Å². The van der Waals surface area contributed by atoms with Crippen molar-refractivity contribution in [2.45, 2.75) is 52.0 Å². The average Bonchev–Trinajstić information content (AvgIpc) is 1.52. The molecule has 2 unspecified atom stereocenters. The Kier molecular flexibility index (Phi) is 16.0. The molecular formula is C104H79N5. The van der Waals surface area contributed by atoms with Crippen molar-refractivity contribution < 1.29 is 0 Å². The maximum atomic E-state index is 4.20.